The molecule has 1 aliphatic heterocycles. The standard InChI is InChI=1S/C11H13BrO2/c1-8-6-14-11(8)7-13-10-4-2-9(12)3-5-10/h2-5,8,11H,6-7H2,1H3. The average Bonchev–Trinajstić information content (AvgIpc) is 2.19. The van der Waals surface area contributed by atoms with Crippen LogP contribution in [0.1, 0.15) is 6.92 Å². The summed E-state index contributed by atoms with van der Waals surface area (Å²) in [7, 11) is 0. The molecule has 2 unspecified atom stereocenters. The van der Waals surface area contributed by atoms with E-state index in [1.165, 1.54) is 0 Å². The lowest BCUT2D eigenvalue weighted by molar-refractivity contribution is -0.123. The van der Waals surface area contributed by atoms with Gasteiger partial charge in [0.15, 0.2) is 0 Å². The fourth-order valence-corrected chi connectivity index (χ4v) is 1.61. The molecule has 1 heterocycles. The fraction of sp³-hybridized carbons (Fsp3) is 0.455. The van der Waals surface area contributed by atoms with Crippen LogP contribution in [0.4, 0.5) is 0 Å². The molecule has 0 amide bonds. The highest BCUT2D eigenvalue weighted by atomic mass is 79.9. The zero-order valence-electron chi connectivity index (χ0n) is 8.07. The smallest absolute Gasteiger partial charge is 0.119 e. The monoisotopic (exact) mass is 256 g/mol. The third-order valence-corrected chi connectivity index (χ3v) is 2.96. The molecular weight excluding hydrogens is 244 g/mol. The Hall–Kier alpha value is -0.540. The first-order chi connectivity index (χ1) is 6.75. The maximum atomic E-state index is 5.59. The third-order valence-electron chi connectivity index (χ3n) is 2.44. The Morgan fingerprint density at radius 3 is 2.64 bits per heavy atom. The minimum atomic E-state index is 0.277. The molecule has 2 nitrogen and oxygen atoms in total. The van der Waals surface area contributed by atoms with Crippen molar-refractivity contribution in [2.75, 3.05) is 13.2 Å². The molecule has 0 N–H and O–H groups in total. The molecule has 3 heteroatoms. The highest BCUT2D eigenvalue weighted by Gasteiger charge is 2.28. The molecule has 1 aromatic carbocycles. The molecule has 76 valence electrons. The van der Waals surface area contributed by atoms with Crippen molar-refractivity contribution in [3.8, 4) is 5.75 Å². The zero-order chi connectivity index (χ0) is 9.97. The molecule has 1 aromatic rings. The minimum absolute atomic E-state index is 0.277. The predicted octanol–water partition coefficient (Wildman–Crippen LogP) is 2.86. The van der Waals surface area contributed by atoms with E-state index in [9.17, 15) is 0 Å². The van der Waals surface area contributed by atoms with Crippen molar-refractivity contribution < 1.29 is 9.47 Å². The topological polar surface area (TPSA) is 18.5 Å². The second-order valence-corrected chi connectivity index (χ2v) is 4.53. The van der Waals surface area contributed by atoms with Crippen LogP contribution in [0.3, 0.4) is 0 Å². The van der Waals surface area contributed by atoms with E-state index < -0.39 is 0 Å². The molecule has 2 rings (SSSR count). The quantitative estimate of drug-likeness (QED) is 0.828. The van der Waals surface area contributed by atoms with E-state index in [4.69, 9.17) is 9.47 Å². The molecular formula is C11H13BrO2. The van der Waals surface area contributed by atoms with Gasteiger partial charge >= 0.3 is 0 Å². The van der Waals surface area contributed by atoms with Gasteiger partial charge in [0.1, 0.15) is 12.4 Å². The highest BCUT2D eigenvalue weighted by Crippen LogP contribution is 2.21. The summed E-state index contributed by atoms with van der Waals surface area (Å²) in [5, 5.41) is 0. The second kappa shape index (κ2) is 4.32. The van der Waals surface area contributed by atoms with Crippen LogP contribution in [0.15, 0.2) is 28.7 Å². The Morgan fingerprint density at radius 2 is 2.14 bits per heavy atom. The molecule has 0 aliphatic carbocycles. The van der Waals surface area contributed by atoms with Gasteiger partial charge in [0, 0.05) is 10.4 Å². The van der Waals surface area contributed by atoms with Crippen molar-refractivity contribution in [2.24, 2.45) is 5.92 Å². The van der Waals surface area contributed by atoms with E-state index in [0.717, 1.165) is 16.8 Å². The molecule has 2 atom stereocenters. The van der Waals surface area contributed by atoms with Crippen LogP contribution < -0.4 is 4.74 Å². The summed E-state index contributed by atoms with van der Waals surface area (Å²) in [4.78, 5) is 0. The van der Waals surface area contributed by atoms with Gasteiger partial charge in [-0.1, -0.05) is 22.9 Å². The molecule has 14 heavy (non-hydrogen) atoms. The first kappa shape index (κ1) is 9.99. The molecule has 0 aromatic heterocycles. The van der Waals surface area contributed by atoms with Crippen LogP contribution in [0, 0.1) is 5.92 Å². The van der Waals surface area contributed by atoms with Gasteiger partial charge in [-0.2, -0.15) is 0 Å². The average molecular weight is 257 g/mol. The molecule has 1 saturated heterocycles. The largest absolute Gasteiger partial charge is 0.491 e. The van der Waals surface area contributed by atoms with E-state index in [1.807, 2.05) is 24.3 Å². The second-order valence-electron chi connectivity index (χ2n) is 3.61. The number of halogens is 1. The van der Waals surface area contributed by atoms with Gasteiger partial charge in [0.05, 0.1) is 12.7 Å². The van der Waals surface area contributed by atoms with Crippen molar-refractivity contribution in [1.29, 1.82) is 0 Å². The number of benzene rings is 1. The van der Waals surface area contributed by atoms with Gasteiger partial charge in [0.2, 0.25) is 0 Å². The van der Waals surface area contributed by atoms with Crippen molar-refractivity contribution in [3.05, 3.63) is 28.7 Å². The van der Waals surface area contributed by atoms with Gasteiger partial charge in [-0.05, 0) is 24.3 Å². The van der Waals surface area contributed by atoms with Gasteiger partial charge in [0.25, 0.3) is 0 Å². The Kier molecular flexibility index (Phi) is 3.08. The summed E-state index contributed by atoms with van der Waals surface area (Å²) in [5.41, 5.74) is 0. The number of hydrogen-bond acceptors (Lipinski definition) is 2. The Morgan fingerprint density at radius 1 is 1.43 bits per heavy atom. The normalized spacial score (nSPS) is 25.6. The summed E-state index contributed by atoms with van der Waals surface area (Å²) in [6, 6.07) is 7.85. The Labute approximate surface area is 92.3 Å². The summed E-state index contributed by atoms with van der Waals surface area (Å²) in [5.74, 6) is 1.53. The van der Waals surface area contributed by atoms with E-state index in [0.29, 0.717) is 12.5 Å². The lowest BCUT2D eigenvalue weighted by atomic mass is 10.0. The van der Waals surface area contributed by atoms with Gasteiger partial charge in [-0.15, -0.1) is 0 Å². The van der Waals surface area contributed by atoms with Crippen molar-refractivity contribution in [3.63, 3.8) is 0 Å². The molecule has 0 spiro atoms. The maximum absolute atomic E-state index is 5.59. The number of ether oxygens (including phenoxy) is 2. The zero-order valence-corrected chi connectivity index (χ0v) is 9.66. The van der Waals surface area contributed by atoms with Crippen LogP contribution in [-0.4, -0.2) is 19.3 Å². The van der Waals surface area contributed by atoms with Crippen molar-refractivity contribution in [2.45, 2.75) is 13.0 Å². The van der Waals surface area contributed by atoms with Crippen LogP contribution in [-0.2, 0) is 4.74 Å². The number of hydrogen-bond donors (Lipinski definition) is 0. The number of rotatable bonds is 3. The van der Waals surface area contributed by atoms with Crippen LogP contribution in [0.5, 0.6) is 5.75 Å². The maximum Gasteiger partial charge on any atom is 0.119 e. The lowest BCUT2D eigenvalue weighted by Crippen LogP contribution is -2.41. The lowest BCUT2D eigenvalue weighted by Gasteiger charge is -2.33. The fourth-order valence-electron chi connectivity index (χ4n) is 1.35. The summed E-state index contributed by atoms with van der Waals surface area (Å²) in [6.07, 6.45) is 0.277. The first-order valence-corrected chi connectivity index (χ1v) is 5.55. The van der Waals surface area contributed by atoms with Gasteiger partial charge in [-0.3, -0.25) is 0 Å². The SMILES string of the molecule is CC1COC1COc1ccc(Br)cc1. The van der Waals surface area contributed by atoms with Crippen molar-refractivity contribution >= 4 is 15.9 Å². The van der Waals surface area contributed by atoms with E-state index in [1.54, 1.807) is 0 Å². The van der Waals surface area contributed by atoms with Gasteiger partial charge < -0.3 is 9.47 Å². The Balaban J connectivity index is 1.83. The van der Waals surface area contributed by atoms with E-state index >= 15 is 0 Å². The molecule has 0 radical (unpaired) electrons. The first-order valence-electron chi connectivity index (χ1n) is 4.75. The van der Waals surface area contributed by atoms with Crippen LogP contribution in [0.2, 0.25) is 0 Å². The summed E-state index contributed by atoms with van der Waals surface area (Å²) >= 11 is 3.38. The van der Waals surface area contributed by atoms with E-state index in [-0.39, 0.29) is 6.10 Å². The molecule has 0 saturated carbocycles. The Bertz CT molecular complexity index is 297. The van der Waals surface area contributed by atoms with Crippen LogP contribution in [0.25, 0.3) is 0 Å². The molecule has 1 aliphatic rings. The van der Waals surface area contributed by atoms with Crippen LogP contribution >= 0.6 is 15.9 Å². The summed E-state index contributed by atoms with van der Waals surface area (Å²) in [6.45, 7) is 3.70. The molecule has 0 bridgehead atoms. The minimum Gasteiger partial charge on any atom is -0.491 e. The summed E-state index contributed by atoms with van der Waals surface area (Å²) < 4.78 is 12.0. The third kappa shape index (κ3) is 2.28. The van der Waals surface area contributed by atoms with Gasteiger partial charge in [-0.25, -0.2) is 0 Å². The van der Waals surface area contributed by atoms with E-state index in [2.05, 4.69) is 22.9 Å². The highest BCUT2D eigenvalue weighted by molar-refractivity contribution is 9.10. The predicted molar refractivity (Wildman–Crippen MR) is 58.5 cm³/mol. The molecule has 1 fully saturated rings. The van der Waals surface area contributed by atoms with Crippen molar-refractivity contribution in [1.82, 2.24) is 0 Å².